The highest BCUT2D eigenvalue weighted by Crippen LogP contribution is 1.87. The van der Waals surface area contributed by atoms with E-state index in [-0.39, 0.29) is 6.04 Å². The SMILES string of the molecule is CC(C)=NN=NC(C)C. The molecule has 0 aromatic carbocycles. The highest BCUT2D eigenvalue weighted by molar-refractivity contribution is 5.78. The van der Waals surface area contributed by atoms with Crippen molar-refractivity contribution < 1.29 is 0 Å². The number of rotatable bonds is 2. The first-order valence-corrected chi connectivity index (χ1v) is 3.04. The van der Waals surface area contributed by atoms with Crippen molar-refractivity contribution in [2.45, 2.75) is 33.7 Å². The van der Waals surface area contributed by atoms with Gasteiger partial charge in [0, 0.05) is 5.71 Å². The molecule has 0 atom stereocenters. The summed E-state index contributed by atoms with van der Waals surface area (Å²) in [6, 6.07) is 0.244. The van der Waals surface area contributed by atoms with Crippen molar-refractivity contribution in [2.75, 3.05) is 0 Å². The highest BCUT2D eigenvalue weighted by Gasteiger charge is 1.82. The molecule has 52 valence electrons. The average Bonchev–Trinajstić information content (AvgIpc) is 1.63. The van der Waals surface area contributed by atoms with Crippen LogP contribution >= 0.6 is 0 Å². The zero-order valence-corrected chi connectivity index (χ0v) is 6.42. The van der Waals surface area contributed by atoms with Crippen molar-refractivity contribution in [3.63, 3.8) is 0 Å². The molecule has 0 fully saturated rings. The predicted molar refractivity (Wildman–Crippen MR) is 38.8 cm³/mol. The van der Waals surface area contributed by atoms with Crippen LogP contribution in [0, 0.1) is 0 Å². The molecule has 0 heterocycles. The van der Waals surface area contributed by atoms with Crippen LogP contribution in [0.3, 0.4) is 0 Å². The van der Waals surface area contributed by atoms with E-state index < -0.39 is 0 Å². The second kappa shape index (κ2) is 4.18. The smallest absolute Gasteiger partial charge is 0.0674 e. The molecule has 0 aliphatic rings. The fourth-order valence-corrected chi connectivity index (χ4v) is 0.219. The maximum Gasteiger partial charge on any atom is 0.0674 e. The molecule has 0 aliphatic heterocycles. The first-order chi connectivity index (χ1) is 4.13. The maximum atomic E-state index is 3.80. The molecule has 0 rings (SSSR count). The van der Waals surface area contributed by atoms with E-state index >= 15 is 0 Å². The van der Waals surface area contributed by atoms with E-state index in [0.29, 0.717) is 0 Å². The minimum atomic E-state index is 0.244. The van der Waals surface area contributed by atoms with Crippen LogP contribution in [-0.2, 0) is 0 Å². The highest BCUT2D eigenvalue weighted by atomic mass is 15.4. The Morgan fingerprint density at radius 3 is 2.11 bits per heavy atom. The summed E-state index contributed by atoms with van der Waals surface area (Å²) in [6.07, 6.45) is 0. The second-order valence-corrected chi connectivity index (χ2v) is 2.35. The largest absolute Gasteiger partial charge is 0.166 e. The lowest BCUT2D eigenvalue weighted by molar-refractivity contribution is 0.750. The van der Waals surface area contributed by atoms with Crippen LogP contribution in [0.4, 0.5) is 0 Å². The lowest BCUT2D eigenvalue weighted by atomic mass is 10.4. The van der Waals surface area contributed by atoms with Gasteiger partial charge in [-0.15, -0.1) is 5.10 Å². The minimum absolute atomic E-state index is 0.244. The molecule has 0 saturated carbocycles. The molecule has 0 amide bonds. The predicted octanol–water partition coefficient (Wildman–Crippen LogP) is 2.24. The number of hydrogen-bond acceptors (Lipinski definition) is 2. The fourth-order valence-electron chi connectivity index (χ4n) is 0.219. The van der Waals surface area contributed by atoms with E-state index in [1.54, 1.807) is 0 Å². The van der Waals surface area contributed by atoms with Crippen LogP contribution in [0.2, 0.25) is 0 Å². The first-order valence-electron chi connectivity index (χ1n) is 3.04. The molecular weight excluding hydrogens is 114 g/mol. The van der Waals surface area contributed by atoms with Gasteiger partial charge in [-0.05, 0) is 32.9 Å². The molecule has 0 unspecified atom stereocenters. The summed E-state index contributed by atoms with van der Waals surface area (Å²) in [5, 5.41) is 11.1. The van der Waals surface area contributed by atoms with Crippen molar-refractivity contribution in [2.24, 2.45) is 15.4 Å². The van der Waals surface area contributed by atoms with Crippen LogP contribution in [-0.4, -0.2) is 11.8 Å². The standard InChI is InChI=1S/C6H13N3/c1-5(2)7-9-8-6(3)4/h5H,1-4H3. The Bertz CT molecular complexity index is 120. The molecule has 3 heteroatoms. The number of hydrogen-bond donors (Lipinski definition) is 0. The topological polar surface area (TPSA) is 37.1 Å². The molecule has 0 bridgehead atoms. The summed E-state index contributed by atoms with van der Waals surface area (Å²) < 4.78 is 0. The Morgan fingerprint density at radius 1 is 1.22 bits per heavy atom. The summed E-state index contributed by atoms with van der Waals surface area (Å²) in [5.41, 5.74) is 0.930. The van der Waals surface area contributed by atoms with Crippen molar-refractivity contribution in [1.29, 1.82) is 0 Å². The third-order valence-electron chi connectivity index (χ3n) is 0.527. The molecule has 0 saturated heterocycles. The Balaban J connectivity index is 3.60. The summed E-state index contributed by atoms with van der Waals surface area (Å²) >= 11 is 0. The zero-order chi connectivity index (χ0) is 7.28. The molecule has 0 radical (unpaired) electrons. The van der Waals surface area contributed by atoms with Gasteiger partial charge in [-0.1, -0.05) is 0 Å². The van der Waals surface area contributed by atoms with Crippen LogP contribution < -0.4 is 0 Å². The molecule has 0 N–H and O–H groups in total. The molecule has 0 spiro atoms. The first kappa shape index (κ1) is 8.27. The third kappa shape index (κ3) is 7.27. The summed E-state index contributed by atoms with van der Waals surface area (Å²) in [7, 11) is 0. The van der Waals surface area contributed by atoms with Gasteiger partial charge in [0.15, 0.2) is 0 Å². The second-order valence-electron chi connectivity index (χ2n) is 2.35. The van der Waals surface area contributed by atoms with Crippen molar-refractivity contribution in [3.05, 3.63) is 0 Å². The van der Waals surface area contributed by atoms with Gasteiger partial charge in [-0.2, -0.15) is 5.11 Å². The summed E-state index contributed by atoms with van der Waals surface area (Å²) in [5.74, 6) is 0. The van der Waals surface area contributed by atoms with Gasteiger partial charge in [-0.25, -0.2) is 0 Å². The van der Waals surface area contributed by atoms with Gasteiger partial charge in [0.05, 0.1) is 6.04 Å². The zero-order valence-electron chi connectivity index (χ0n) is 6.42. The van der Waals surface area contributed by atoms with E-state index in [0.717, 1.165) is 5.71 Å². The van der Waals surface area contributed by atoms with E-state index in [4.69, 9.17) is 0 Å². The van der Waals surface area contributed by atoms with Gasteiger partial charge in [-0.3, -0.25) is 0 Å². The van der Waals surface area contributed by atoms with Crippen LogP contribution in [0.25, 0.3) is 0 Å². The van der Waals surface area contributed by atoms with Crippen LogP contribution in [0.15, 0.2) is 15.4 Å². The Kier molecular flexibility index (Phi) is 3.84. The molecule has 3 nitrogen and oxygen atoms in total. The van der Waals surface area contributed by atoms with Gasteiger partial charge in [0.25, 0.3) is 0 Å². The van der Waals surface area contributed by atoms with Crippen molar-refractivity contribution in [3.8, 4) is 0 Å². The van der Waals surface area contributed by atoms with E-state index in [2.05, 4.69) is 15.4 Å². The van der Waals surface area contributed by atoms with Crippen molar-refractivity contribution >= 4 is 5.71 Å². The lowest BCUT2D eigenvalue weighted by Crippen LogP contribution is -1.84. The number of nitrogens with zero attached hydrogens (tertiary/aromatic N) is 3. The normalized spacial score (nSPS) is 10.8. The Morgan fingerprint density at radius 2 is 1.78 bits per heavy atom. The molecule has 0 aromatic heterocycles. The fraction of sp³-hybridized carbons (Fsp3) is 0.833. The van der Waals surface area contributed by atoms with E-state index in [1.165, 1.54) is 0 Å². The Hall–Kier alpha value is -0.730. The summed E-state index contributed by atoms with van der Waals surface area (Å²) in [6.45, 7) is 7.70. The quantitative estimate of drug-likeness (QED) is 0.310. The average molecular weight is 127 g/mol. The molecule has 0 aromatic rings. The van der Waals surface area contributed by atoms with Gasteiger partial charge in [0.2, 0.25) is 0 Å². The van der Waals surface area contributed by atoms with Crippen LogP contribution in [0.1, 0.15) is 27.7 Å². The summed E-state index contributed by atoms with van der Waals surface area (Å²) in [4.78, 5) is 0. The van der Waals surface area contributed by atoms with Crippen LogP contribution in [0.5, 0.6) is 0 Å². The third-order valence-corrected chi connectivity index (χ3v) is 0.527. The van der Waals surface area contributed by atoms with Gasteiger partial charge >= 0.3 is 0 Å². The monoisotopic (exact) mass is 127 g/mol. The van der Waals surface area contributed by atoms with Crippen molar-refractivity contribution in [1.82, 2.24) is 0 Å². The van der Waals surface area contributed by atoms with Gasteiger partial charge in [0.1, 0.15) is 0 Å². The van der Waals surface area contributed by atoms with Gasteiger partial charge < -0.3 is 0 Å². The molecule has 0 aliphatic carbocycles. The molecule has 9 heavy (non-hydrogen) atoms. The van der Waals surface area contributed by atoms with E-state index in [9.17, 15) is 0 Å². The molecular formula is C6H13N3. The Labute approximate surface area is 55.9 Å². The minimum Gasteiger partial charge on any atom is -0.166 e. The lowest BCUT2D eigenvalue weighted by Gasteiger charge is -1.87. The van der Waals surface area contributed by atoms with E-state index in [1.807, 2.05) is 27.7 Å². The maximum absolute atomic E-state index is 3.80.